The van der Waals surface area contributed by atoms with Gasteiger partial charge in [0.05, 0.1) is 12.2 Å². The zero-order valence-electron chi connectivity index (χ0n) is 16.7. The number of carboxylic acids is 1. The molecule has 1 aliphatic carbocycles. The number of hydrogen-bond acceptors (Lipinski definition) is 4. The van der Waals surface area contributed by atoms with E-state index < -0.39 is 37.1 Å². The summed E-state index contributed by atoms with van der Waals surface area (Å²) in [6.07, 6.45) is 2.33. The zero-order valence-corrected chi connectivity index (χ0v) is 16.7. The molecule has 0 aliphatic heterocycles. The van der Waals surface area contributed by atoms with Crippen molar-refractivity contribution in [1.29, 1.82) is 0 Å². The van der Waals surface area contributed by atoms with E-state index in [4.69, 9.17) is 9.84 Å². The van der Waals surface area contributed by atoms with Crippen LogP contribution in [0.1, 0.15) is 57.8 Å². The number of benzene rings is 1. The van der Waals surface area contributed by atoms with Gasteiger partial charge in [-0.2, -0.15) is 0 Å². The quantitative estimate of drug-likeness (QED) is 0.420. The van der Waals surface area contributed by atoms with Crippen LogP contribution >= 0.6 is 0 Å². The maximum absolute atomic E-state index is 14.3. The van der Waals surface area contributed by atoms with Gasteiger partial charge >= 0.3 is 5.97 Å². The summed E-state index contributed by atoms with van der Waals surface area (Å²) >= 11 is 0. The molecule has 2 rings (SSSR count). The molecule has 1 aromatic carbocycles. The minimum Gasteiger partial charge on any atom is -0.487 e. The molecule has 0 spiro atoms. The van der Waals surface area contributed by atoms with Gasteiger partial charge in [0.15, 0.2) is 6.61 Å². The largest absolute Gasteiger partial charge is 0.487 e. The second kappa shape index (κ2) is 11.5. The summed E-state index contributed by atoms with van der Waals surface area (Å²) in [7, 11) is 0. The Kier molecular flexibility index (Phi) is 9.30. The summed E-state index contributed by atoms with van der Waals surface area (Å²) in [4.78, 5) is 10.5. The highest BCUT2D eigenvalue weighted by Gasteiger charge is 2.42. The second-order valence-electron chi connectivity index (χ2n) is 8.04. The van der Waals surface area contributed by atoms with Gasteiger partial charge in [-0.15, -0.1) is 0 Å². The third-order valence-electron chi connectivity index (χ3n) is 5.74. The summed E-state index contributed by atoms with van der Waals surface area (Å²) < 4.78 is 33.7. The van der Waals surface area contributed by atoms with E-state index in [1.54, 1.807) is 30.3 Å². The summed E-state index contributed by atoms with van der Waals surface area (Å²) in [5, 5.41) is 29.1. The number of aliphatic hydroxyl groups is 2. The topological polar surface area (TPSA) is 87.0 Å². The van der Waals surface area contributed by atoms with Crippen molar-refractivity contribution in [3.63, 3.8) is 0 Å². The van der Waals surface area contributed by atoms with Crippen LogP contribution < -0.4 is 4.74 Å². The van der Waals surface area contributed by atoms with Gasteiger partial charge in [-0.05, 0) is 49.7 Å². The third-order valence-corrected chi connectivity index (χ3v) is 5.74. The number of unbranched alkanes of at least 4 members (excludes halogenated alkanes) is 3. The maximum atomic E-state index is 14.3. The number of halogens is 2. The first-order valence-electron chi connectivity index (χ1n) is 10.4. The standard InChI is InChI=1S/C22H32F2O5/c23-22(24,15-29-16-8-4-3-5-9-16)13-12-18-17(19(25)14-20(18)26)10-6-1-2-7-11-21(27)28/h3-5,8-9,17-20,25-26H,1-2,6-7,10-15H2,(H,27,28)/t17-,18-,19+,20-/m1/s1. The number of ether oxygens (including phenoxy) is 1. The smallest absolute Gasteiger partial charge is 0.303 e. The highest BCUT2D eigenvalue weighted by molar-refractivity contribution is 5.66. The van der Waals surface area contributed by atoms with Gasteiger partial charge < -0.3 is 20.1 Å². The van der Waals surface area contributed by atoms with Crippen molar-refractivity contribution in [2.75, 3.05) is 6.61 Å². The first-order valence-corrected chi connectivity index (χ1v) is 10.4. The van der Waals surface area contributed by atoms with Crippen LogP contribution in [-0.2, 0) is 4.79 Å². The Morgan fingerprint density at radius 3 is 2.28 bits per heavy atom. The first-order chi connectivity index (χ1) is 13.8. The van der Waals surface area contributed by atoms with Crippen molar-refractivity contribution in [2.24, 2.45) is 11.8 Å². The SMILES string of the molecule is O=C(O)CCCCCC[C@@H]1[C@@H](CCC(F)(F)COc2ccccc2)[C@H](O)C[C@@H]1O. The average molecular weight is 414 g/mol. The Hall–Kier alpha value is -1.73. The van der Waals surface area contributed by atoms with Crippen LogP contribution in [-0.4, -0.2) is 46.0 Å². The van der Waals surface area contributed by atoms with Crippen LogP contribution in [0.15, 0.2) is 30.3 Å². The van der Waals surface area contributed by atoms with Crippen molar-refractivity contribution in [1.82, 2.24) is 0 Å². The van der Waals surface area contributed by atoms with E-state index >= 15 is 0 Å². The molecule has 5 nitrogen and oxygen atoms in total. The molecule has 1 fully saturated rings. The Bertz CT molecular complexity index is 610. The number of aliphatic carboxylic acids is 1. The first kappa shape index (κ1) is 23.5. The monoisotopic (exact) mass is 414 g/mol. The van der Waals surface area contributed by atoms with E-state index in [-0.39, 0.29) is 31.1 Å². The molecule has 29 heavy (non-hydrogen) atoms. The Morgan fingerprint density at radius 1 is 1.00 bits per heavy atom. The van der Waals surface area contributed by atoms with Crippen LogP contribution in [0.4, 0.5) is 8.78 Å². The predicted molar refractivity (Wildman–Crippen MR) is 105 cm³/mol. The van der Waals surface area contributed by atoms with E-state index in [2.05, 4.69) is 0 Å². The summed E-state index contributed by atoms with van der Waals surface area (Å²) in [5.74, 6) is -3.98. The molecule has 0 heterocycles. The van der Waals surface area contributed by atoms with E-state index in [1.807, 2.05) is 0 Å². The fraction of sp³-hybridized carbons (Fsp3) is 0.682. The Morgan fingerprint density at radius 2 is 1.62 bits per heavy atom. The normalized spacial score (nSPS) is 24.6. The molecule has 0 aromatic heterocycles. The Balaban J connectivity index is 1.76. The highest BCUT2D eigenvalue weighted by Crippen LogP contribution is 2.40. The lowest BCUT2D eigenvalue weighted by Gasteiger charge is -2.26. The second-order valence-corrected chi connectivity index (χ2v) is 8.04. The number of aliphatic hydroxyl groups excluding tert-OH is 2. The number of para-hydroxylation sites is 1. The average Bonchev–Trinajstić information content (AvgIpc) is 2.94. The van der Waals surface area contributed by atoms with Gasteiger partial charge in [-0.25, -0.2) is 8.78 Å². The predicted octanol–water partition coefficient (Wildman–Crippen LogP) is 4.26. The van der Waals surface area contributed by atoms with Gasteiger partial charge in [0.25, 0.3) is 5.92 Å². The molecular formula is C22H32F2O5. The highest BCUT2D eigenvalue weighted by atomic mass is 19.3. The molecule has 164 valence electrons. The number of carboxylic acid groups (broad SMARTS) is 1. The maximum Gasteiger partial charge on any atom is 0.303 e. The van der Waals surface area contributed by atoms with Gasteiger partial charge in [0.1, 0.15) is 5.75 Å². The molecule has 0 radical (unpaired) electrons. The number of rotatable bonds is 13. The molecule has 3 N–H and O–H groups in total. The Labute approximate surface area is 170 Å². The lowest BCUT2D eigenvalue weighted by Crippen LogP contribution is -2.29. The van der Waals surface area contributed by atoms with Crippen molar-refractivity contribution in [3.8, 4) is 5.75 Å². The van der Waals surface area contributed by atoms with Crippen LogP contribution in [0.5, 0.6) is 5.75 Å². The minimum atomic E-state index is -3.01. The van der Waals surface area contributed by atoms with E-state index in [0.717, 1.165) is 19.3 Å². The molecule has 0 saturated heterocycles. The molecule has 1 saturated carbocycles. The van der Waals surface area contributed by atoms with Gasteiger partial charge in [0.2, 0.25) is 0 Å². The molecule has 4 atom stereocenters. The van der Waals surface area contributed by atoms with Gasteiger partial charge in [-0.1, -0.05) is 37.5 Å². The van der Waals surface area contributed by atoms with Gasteiger partial charge in [-0.3, -0.25) is 4.79 Å². The summed E-state index contributed by atoms with van der Waals surface area (Å²) in [6.45, 7) is -0.712. The summed E-state index contributed by atoms with van der Waals surface area (Å²) in [5.41, 5.74) is 0. The minimum absolute atomic E-state index is 0.132. The van der Waals surface area contributed by atoms with Crippen LogP contribution in [0, 0.1) is 11.8 Å². The zero-order chi connectivity index (χ0) is 21.3. The number of alkyl halides is 2. The lowest BCUT2D eigenvalue weighted by atomic mass is 9.84. The van der Waals surface area contributed by atoms with Crippen molar-refractivity contribution < 1.29 is 33.6 Å². The molecule has 1 aromatic rings. The summed E-state index contributed by atoms with van der Waals surface area (Å²) in [6, 6.07) is 8.47. The molecule has 0 amide bonds. The van der Waals surface area contributed by atoms with E-state index in [1.165, 1.54) is 0 Å². The van der Waals surface area contributed by atoms with E-state index in [9.17, 15) is 23.8 Å². The third kappa shape index (κ3) is 8.26. The fourth-order valence-corrected chi connectivity index (χ4v) is 4.15. The molecule has 1 aliphatic rings. The van der Waals surface area contributed by atoms with E-state index in [0.29, 0.717) is 18.6 Å². The molecule has 0 unspecified atom stereocenters. The molecule has 0 bridgehead atoms. The molecular weight excluding hydrogens is 382 g/mol. The van der Waals surface area contributed by atoms with Crippen molar-refractivity contribution in [3.05, 3.63) is 30.3 Å². The van der Waals surface area contributed by atoms with Crippen molar-refractivity contribution in [2.45, 2.75) is 75.9 Å². The van der Waals surface area contributed by atoms with Crippen LogP contribution in [0.3, 0.4) is 0 Å². The van der Waals surface area contributed by atoms with Gasteiger partial charge in [0, 0.05) is 12.8 Å². The number of carbonyl (C=O) groups is 1. The fourth-order valence-electron chi connectivity index (χ4n) is 4.15. The van der Waals surface area contributed by atoms with Crippen LogP contribution in [0.2, 0.25) is 0 Å². The molecule has 7 heteroatoms. The lowest BCUT2D eigenvalue weighted by molar-refractivity contribution is -0.137. The van der Waals surface area contributed by atoms with Crippen LogP contribution in [0.25, 0.3) is 0 Å². The van der Waals surface area contributed by atoms with Crippen molar-refractivity contribution >= 4 is 5.97 Å². The number of hydrogen-bond donors (Lipinski definition) is 3.